The van der Waals surface area contributed by atoms with Gasteiger partial charge in [-0.1, -0.05) is 17.7 Å². The quantitative estimate of drug-likeness (QED) is 0.880. The number of nitrogens with one attached hydrogen (secondary N) is 1. The number of carbonyl (C=O) groups excluding carboxylic acids is 1. The van der Waals surface area contributed by atoms with Gasteiger partial charge in [0.25, 0.3) is 0 Å². The second-order valence-electron chi connectivity index (χ2n) is 7.58. The van der Waals surface area contributed by atoms with E-state index in [4.69, 9.17) is 4.74 Å². The Morgan fingerprint density at radius 2 is 1.62 bits per heavy atom. The normalized spacial score (nSPS) is 13.0. The smallest absolute Gasteiger partial charge is 0.408 e. The third-order valence-electron chi connectivity index (χ3n) is 3.19. The van der Waals surface area contributed by atoms with Gasteiger partial charge in [-0.3, -0.25) is 0 Å². The number of benzene rings is 1. The van der Waals surface area contributed by atoms with E-state index in [1.807, 2.05) is 6.92 Å². The number of aryl methyl sites for hydroxylation is 1. The highest BCUT2D eigenvalue weighted by Crippen LogP contribution is 2.18. The summed E-state index contributed by atoms with van der Waals surface area (Å²) in [6, 6.07) is 6.67. The fourth-order valence-electron chi connectivity index (χ4n) is 2.15. The summed E-state index contributed by atoms with van der Waals surface area (Å²) in [5.41, 5.74) is -0.405. The van der Waals surface area contributed by atoms with Crippen molar-refractivity contribution in [3.05, 3.63) is 29.8 Å². The molecular weight excluding hydrogens is 328 g/mol. The SMILES string of the molecule is Cc1ccc(S(=O)(=O)N(C)CC(C)(C)NC(=O)OC(C)(C)C)cc1. The van der Waals surface area contributed by atoms with Crippen LogP contribution in [0.2, 0.25) is 0 Å². The van der Waals surface area contributed by atoms with Gasteiger partial charge in [-0.05, 0) is 53.7 Å². The van der Waals surface area contributed by atoms with Gasteiger partial charge in [0, 0.05) is 13.6 Å². The summed E-state index contributed by atoms with van der Waals surface area (Å²) in [7, 11) is -2.12. The number of sulfonamides is 1. The summed E-state index contributed by atoms with van der Waals surface area (Å²) in [6.45, 7) is 10.8. The number of amides is 1. The highest BCUT2D eigenvalue weighted by molar-refractivity contribution is 7.89. The van der Waals surface area contributed by atoms with Crippen LogP contribution in [0, 0.1) is 6.92 Å². The summed E-state index contributed by atoms with van der Waals surface area (Å²) < 4.78 is 31.7. The van der Waals surface area contributed by atoms with E-state index in [0.717, 1.165) is 5.56 Å². The van der Waals surface area contributed by atoms with E-state index in [-0.39, 0.29) is 11.4 Å². The fraction of sp³-hybridized carbons (Fsp3) is 0.588. The zero-order chi connectivity index (χ0) is 18.8. The number of likely N-dealkylation sites (N-methyl/N-ethyl adjacent to an activating group) is 1. The number of hydrogen-bond acceptors (Lipinski definition) is 4. The van der Waals surface area contributed by atoms with Crippen LogP contribution in [0.25, 0.3) is 0 Å². The van der Waals surface area contributed by atoms with Crippen LogP contribution in [0.3, 0.4) is 0 Å². The van der Waals surface area contributed by atoms with Crippen molar-refractivity contribution in [2.75, 3.05) is 13.6 Å². The van der Waals surface area contributed by atoms with Crippen LogP contribution in [0.4, 0.5) is 4.79 Å². The van der Waals surface area contributed by atoms with Gasteiger partial charge in [-0.2, -0.15) is 4.31 Å². The Kier molecular flexibility index (Phi) is 6.05. The molecule has 1 rings (SSSR count). The van der Waals surface area contributed by atoms with Crippen molar-refractivity contribution in [3.8, 4) is 0 Å². The first kappa shape index (κ1) is 20.4. The summed E-state index contributed by atoms with van der Waals surface area (Å²) in [5, 5.41) is 2.71. The highest BCUT2D eigenvalue weighted by atomic mass is 32.2. The number of rotatable bonds is 5. The molecule has 0 aliphatic heterocycles. The minimum atomic E-state index is -3.62. The Morgan fingerprint density at radius 1 is 1.12 bits per heavy atom. The predicted octanol–water partition coefficient (Wildman–Crippen LogP) is 2.92. The molecular formula is C17H28N2O4S. The van der Waals surface area contributed by atoms with Crippen LogP contribution in [-0.2, 0) is 14.8 Å². The molecule has 0 saturated carbocycles. The lowest BCUT2D eigenvalue weighted by Gasteiger charge is -2.32. The van der Waals surface area contributed by atoms with Gasteiger partial charge in [0.1, 0.15) is 5.60 Å². The monoisotopic (exact) mass is 356 g/mol. The maximum absolute atomic E-state index is 12.6. The Bertz CT molecular complexity index is 674. The first-order valence-corrected chi connectivity index (χ1v) is 9.21. The molecule has 0 saturated heterocycles. The average molecular weight is 356 g/mol. The van der Waals surface area contributed by atoms with E-state index in [1.165, 1.54) is 11.4 Å². The van der Waals surface area contributed by atoms with Gasteiger partial charge in [-0.15, -0.1) is 0 Å². The molecule has 136 valence electrons. The lowest BCUT2D eigenvalue weighted by Crippen LogP contribution is -2.52. The molecule has 0 heterocycles. The van der Waals surface area contributed by atoms with Crippen LogP contribution in [0.15, 0.2) is 29.2 Å². The van der Waals surface area contributed by atoms with Crippen molar-refractivity contribution < 1.29 is 17.9 Å². The summed E-state index contributed by atoms with van der Waals surface area (Å²) in [4.78, 5) is 12.1. The lowest BCUT2D eigenvalue weighted by molar-refractivity contribution is 0.0464. The molecule has 0 aromatic heterocycles. The van der Waals surface area contributed by atoms with Crippen LogP contribution < -0.4 is 5.32 Å². The molecule has 0 fully saturated rings. The molecule has 0 spiro atoms. The standard InChI is InChI=1S/C17H28N2O4S/c1-13-8-10-14(11-9-13)24(21,22)19(7)12-17(5,6)18-15(20)23-16(2,3)4/h8-11H,12H2,1-7H3,(H,18,20). The highest BCUT2D eigenvalue weighted by Gasteiger charge is 2.30. The van der Waals surface area contributed by atoms with Crippen molar-refractivity contribution in [2.45, 2.75) is 57.6 Å². The van der Waals surface area contributed by atoms with E-state index in [0.29, 0.717) is 0 Å². The van der Waals surface area contributed by atoms with Gasteiger partial charge < -0.3 is 10.1 Å². The molecule has 6 nitrogen and oxygen atoms in total. The van der Waals surface area contributed by atoms with Crippen LogP contribution >= 0.6 is 0 Å². The number of ether oxygens (including phenoxy) is 1. The molecule has 1 N–H and O–H groups in total. The van der Waals surface area contributed by atoms with Crippen molar-refractivity contribution in [1.29, 1.82) is 0 Å². The summed E-state index contributed by atoms with van der Waals surface area (Å²) in [5.74, 6) is 0. The molecule has 24 heavy (non-hydrogen) atoms. The summed E-state index contributed by atoms with van der Waals surface area (Å²) in [6.07, 6.45) is -0.575. The number of carbonyl (C=O) groups is 1. The van der Waals surface area contributed by atoms with Crippen LogP contribution in [0.5, 0.6) is 0 Å². The number of alkyl carbamates (subject to hydrolysis) is 1. The van der Waals surface area contributed by atoms with Crippen molar-refractivity contribution in [1.82, 2.24) is 9.62 Å². The van der Waals surface area contributed by atoms with Gasteiger partial charge in [0.15, 0.2) is 0 Å². The average Bonchev–Trinajstić information content (AvgIpc) is 2.35. The molecule has 7 heteroatoms. The van der Waals surface area contributed by atoms with Gasteiger partial charge in [-0.25, -0.2) is 13.2 Å². The Labute approximate surface area is 145 Å². The van der Waals surface area contributed by atoms with E-state index in [2.05, 4.69) is 5.32 Å². The Morgan fingerprint density at radius 3 is 2.08 bits per heavy atom. The number of nitrogens with zero attached hydrogens (tertiary/aromatic N) is 1. The molecule has 0 aliphatic carbocycles. The van der Waals surface area contributed by atoms with E-state index >= 15 is 0 Å². The minimum Gasteiger partial charge on any atom is -0.444 e. The van der Waals surface area contributed by atoms with Crippen molar-refractivity contribution >= 4 is 16.1 Å². The fourth-order valence-corrected chi connectivity index (χ4v) is 3.48. The molecule has 1 amide bonds. The largest absolute Gasteiger partial charge is 0.444 e. The Hall–Kier alpha value is -1.60. The lowest BCUT2D eigenvalue weighted by atomic mass is 10.1. The van der Waals surface area contributed by atoms with E-state index in [9.17, 15) is 13.2 Å². The second kappa shape index (κ2) is 7.11. The molecule has 0 bridgehead atoms. The minimum absolute atomic E-state index is 0.114. The molecule has 1 aromatic rings. The third kappa shape index (κ3) is 6.13. The molecule has 0 radical (unpaired) electrons. The third-order valence-corrected chi connectivity index (χ3v) is 5.00. The van der Waals surface area contributed by atoms with Crippen LogP contribution in [0.1, 0.15) is 40.2 Å². The second-order valence-corrected chi connectivity index (χ2v) is 9.63. The van der Waals surface area contributed by atoms with Crippen LogP contribution in [-0.4, -0.2) is 43.5 Å². The molecule has 0 aliphatic rings. The first-order chi connectivity index (χ1) is 10.7. The number of hydrogen-bond donors (Lipinski definition) is 1. The predicted molar refractivity (Wildman–Crippen MR) is 94.4 cm³/mol. The molecule has 0 atom stereocenters. The maximum Gasteiger partial charge on any atom is 0.408 e. The zero-order valence-corrected chi connectivity index (χ0v) is 16.3. The van der Waals surface area contributed by atoms with Gasteiger partial charge in [0.05, 0.1) is 10.4 Å². The van der Waals surface area contributed by atoms with Crippen molar-refractivity contribution in [2.24, 2.45) is 0 Å². The summed E-state index contributed by atoms with van der Waals surface area (Å²) >= 11 is 0. The van der Waals surface area contributed by atoms with E-state index in [1.54, 1.807) is 58.9 Å². The van der Waals surface area contributed by atoms with Crippen molar-refractivity contribution in [3.63, 3.8) is 0 Å². The molecule has 1 aromatic carbocycles. The maximum atomic E-state index is 12.6. The topological polar surface area (TPSA) is 75.7 Å². The van der Waals surface area contributed by atoms with Gasteiger partial charge >= 0.3 is 6.09 Å². The zero-order valence-electron chi connectivity index (χ0n) is 15.5. The molecule has 0 unspecified atom stereocenters. The Balaban J connectivity index is 2.82. The van der Waals surface area contributed by atoms with Gasteiger partial charge in [0.2, 0.25) is 10.0 Å². The first-order valence-electron chi connectivity index (χ1n) is 7.77. The van der Waals surface area contributed by atoms with E-state index < -0.39 is 27.3 Å².